The van der Waals surface area contributed by atoms with Crippen LogP contribution in [0, 0.1) is 6.92 Å². The Hall–Kier alpha value is -2.96. The van der Waals surface area contributed by atoms with Crippen LogP contribution in [0.15, 0.2) is 35.4 Å². The molecule has 7 heteroatoms. The molecule has 0 fully saturated rings. The summed E-state index contributed by atoms with van der Waals surface area (Å²) >= 11 is 0. The quantitative estimate of drug-likeness (QED) is 0.384. The molecule has 2 rings (SSSR count). The summed E-state index contributed by atoms with van der Waals surface area (Å²) in [6.45, 7) is 3.11. The lowest BCUT2D eigenvalue weighted by molar-refractivity contribution is -0.131. The van der Waals surface area contributed by atoms with Crippen molar-refractivity contribution >= 4 is 18.1 Å². The third kappa shape index (κ3) is 4.00. The topological polar surface area (TPSA) is 96.4 Å². The van der Waals surface area contributed by atoms with E-state index < -0.39 is 11.9 Å². The fraction of sp³-hybridized carbons (Fsp3) is 0.143. The summed E-state index contributed by atoms with van der Waals surface area (Å²) in [5, 5.41) is 10.3. The normalized spacial score (nSPS) is 10.6. The maximum Gasteiger partial charge on any atom is 0.308 e. The van der Waals surface area contributed by atoms with E-state index >= 15 is 0 Å². The number of aromatic amines is 1. The molecule has 1 heterocycles. The van der Waals surface area contributed by atoms with E-state index in [1.807, 2.05) is 0 Å². The molecule has 0 saturated carbocycles. The van der Waals surface area contributed by atoms with Gasteiger partial charge in [0, 0.05) is 18.2 Å². The number of carbonyl (C=O) groups excluding carboxylic acids is 2. The number of ether oxygens (including phenoxy) is 1. The van der Waals surface area contributed by atoms with Gasteiger partial charge in [0.15, 0.2) is 5.69 Å². The summed E-state index contributed by atoms with van der Waals surface area (Å²) in [6, 6.07) is 8.47. The van der Waals surface area contributed by atoms with E-state index in [4.69, 9.17) is 4.74 Å². The summed E-state index contributed by atoms with van der Waals surface area (Å²) < 4.78 is 5.03. The van der Waals surface area contributed by atoms with Gasteiger partial charge in [-0.15, -0.1) is 0 Å². The Balaban J connectivity index is 2.04. The van der Waals surface area contributed by atoms with Crippen LogP contribution in [0.1, 0.15) is 28.7 Å². The molecule has 2 N–H and O–H groups in total. The zero-order valence-corrected chi connectivity index (χ0v) is 11.6. The summed E-state index contributed by atoms with van der Waals surface area (Å²) in [5.41, 5.74) is 3.95. The van der Waals surface area contributed by atoms with Gasteiger partial charge in [-0.1, -0.05) is 12.1 Å². The number of aromatic nitrogens is 2. The maximum absolute atomic E-state index is 11.7. The number of hydrazone groups is 1. The standard InChI is InChI=1S/C14H14N4O3/c1-9-7-12(17-16-9)14(20)18-15-8-11-5-3-4-6-13(11)21-10(2)19/h3-8H,1-2H3,(H,16,17)(H,18,20)/b15-8-. The first-order chi connectivity index (χ1) is 10.1. The Kier molecular flexibility index (Phi) is 4.45. The Labute approximate surface area is 121 Å². The van der Waals surface area contributed by atoms with Crippen molar-refractivity contribution in [3.8, 4) is 5.75 Å². The van der Waals surface area contributed by atoms with Gasteiger partial charge < -0.3 is 4.74 Å². The van der Waals surface area contributed by atoms with E-state index in [1.54, 1.807) is 37.3 Å². The van der Waals surface area contributed by atoms with Crippen molar-refractivity contribution in [3.63, 3.8) is 0 Å². The van der Waals surface area contributed by atoms with Gasteiger partial charge in [0.2, 0.25) is 0 Å². The molecule has 7 nitrogen and oxygen atoms in total. The minimum Gasteiger partial charge on any atom is -0.426 e. The number of hydrogen-bond acceptors (Lipinski definition) is 5. The first-order valence-electron chi connectivity index (χ1n) is 6.19. The first kappa shape index (κ1) is 14.4. The fourth-order valence-electron chi connectivity index (χ4n) is 1.59. The van der Waals surface area contributed by atoms with E-state index in [2.05, 4.69) is 20.7 Å². The molecule has 21 heavy (non-hydrogen) atoms. The van der Waals surface area contributed by atoms with Crippen molar-refractivity contribution in [3.05, 3.63) is 47.3 Å². The Morgan fingerprint density at radius 2 is 2.14 bits per heavy atom. The van der Waals surface area contributed by atoms with Crippen LogP contribution in [-0.2, 0) is 4.79 Å². The highest BCUT2D eigenvalue weighted by Crippen LogP contribution is 2.15. The summed E-state index contributed by atoms with van der Waals surface area (Å²) in [4.78, 5) is 22.7. The van der Waals surface area contributed by atoms with Gasteiger partial charge in [0.05, 0.1) is 6.21 Å². The van der Waals surface area contributed by atoms with Crippen molar-refractivity contribution in [2.24, 2.45) is 5.10 Å². The number of aryl methyl sites for hydroxylation is 1. The average molecular weight is 286 g/mol. The molecule has 1 aromatic carbocycles. The van der Waals surface area contributed by atoms with Gasteiger partial charge >= 0.3 is 5.97 Å². The molecule has 0 aliphatic rings. The Morgan fingerprint density at radius 1 is 1.38 bits per heavy atom. The maximum atomic E-state index is 11.7. The second-order valence-electron chi connectivity index (χ2n) is 4.27. The molecule has 2 aromatic rings. The second kappa shape index (κ2) is 6.47. The average Bonchev–Trinajstić information content (AvgIpc) is 2.87. The summed E-state index contributed by atoms with van der Waals surface area (Å²) in [6.07, 6.45) is 1.40. The van der Waals surface area contributed by atoms with Crippen LogP contribution in [0.3, 0.4) is 0 Å². The number of amides is 1. The van der Waals surface area contributed by atoms with Crippen LogP contribution in [-0.4, -0.2) is 28.3 Å². The molecule has 0 aliphatic heterocycles. The van der Waals surface area contributed by atoms with Gasteiger partial charge in [-0.2, -0.15) is 10.2 Å². The van der Waals surface area contributed by atoms with Gasteiger partial charge in [-0.05, 0) is 25.1 Å². The van der Waals surface area contributed by atoms with Crippen molar-refractivity contribution in [1.29, 1.82) is 0 Å². The largest absolute Gasteiger partial charge is 0.426 e. The van der Waals surface area contributed by atoms with Crippen molar-refractivity contribution < 1.29 is 14.3 Å². The van der Waals surface area contributed by atoms with Crippen LogP contribution in [0.25, 0.3) is 0 Å². The first-order valence-corrected chi connectivity index (χ1v) is 6.19. The number of H-pyrrole nitrogens is 1. The predicted octanol–water partition coefficient (Wildman–Crippen LogP) is 1.41. The Morgan fingerprint density at radius 3 is 2.81 bits per heavy atom. The summed E-state index contributed by atoms with van der Waals surface area (Å²) in [5.74, 6) is -0.480. The SMILES string of the molecule is CC(=O)Oc1ccccc1/C=N\NC(=O)c1cc(C)[nH]n1. The van der Waals surface area contributed by atoms with E-state index in [0.29, 0.717) is 11.3 Å². The van der Waals surface area contributed by atoms with Crippen molar-refractivity contribution in [2.75, 3.05) is 0 Å². The minimum absolute atomic E-state index is 0.248. The number of esters is 1. The van der Waals surface area contributed by atoms with E-state index in [1.165, 1.54) is 13.1 Å². The molecular weight excluding hydrogens is 272 g/mol. The lowest BCUT2D eigenvalue weighted by atomic mass is 10.2. The number of rotatable bonds is 4. The smallest absolute Gasteiger partial charge is 0.308 e. The number of hydrogen-bond donors (Lipinski definition) is 2. The zero-order valence-electron chi connectivity index (χ0n) is 11.6. The third-order valence-corrected chi connectivity index (χ3v) is 2.48. The highest BCUT2D eigenvalue weighted by atomic mass is 16.5. The lowest BCUT2D eigenvalue weighted by Gasteiger charge is -2.04. The zero-order chi connectivity index (χ0) is 15.2. The number of nitrogens with zero attached hydrogens (tertiary/aromatic N) is 2. The van der Waals surface area contributed by atoms with Gasteiger partial charge in [0.25, 0.3) is 5.91 Å². The van der Waals surface area contributed by atoms with Crippen LogP contribution in [0.4, 0.5) is 0 Å². The van der Waals surface area contributed by atoms with E-state index in [9.17, 15) is 9.59 Å². The number of carbonyl (C=O) groups is 2. The lowest BCUT2D eigenvalue weighted by Crippen LogP contribution is -2.18. The predicted molar refractivity (Wildman–Crippen MR) is 76.1 cm³/mol. The van der Waals surface area contributed by atoms with Gasteiger partial charge in [0.1, 0.15) is 5.75 Å². The van der Waals surface area contributed by atoms with E-state index in [-0.39, 0.29) is 5.69 Å². The Bertz CT molecular complexity index is 691. The molecule has 0 radical (unpaired) electrons. The van der Waals surface area contributed by atoms with Crippen molar-refractivity contribution in [2.45, 2.75) is 13.8 Å². The molecule has 1 aromatic heterocycles. The monoisotopic (exact) mass is 286 g/mol. The molecule has 0 aliphatic carbocycles. The summed E-state index contributed by atoms with van der Waals surface area (Å²) in [7, 11) is 0. The highest BCUT2D eigenvalue weighted by Gasteiger charge is 2.08. The van der Waals surface area contributed by atoms with Crippen LogP contribution >= 0.6 is 0 Å². The molecule has 0 bridgehead atoms. The van der Waals surface area contributed by atoms with Crippen LogP contribution < -0.4 is 10.2 Å². The highest BCUT2D eigenvalue weighted by molar-refractivity contribution is 5.93. The minimum atomic E-state index is -0.430. The number of nitrogens with one attached hydrogen (secondary N) is 2. The van der Waals surface area contributed by atoms with Gasteiger partial charge in [-0.3, -0.25) is 14.7 Å². The number of para-hydroxylation sites is 1. The molecular formula is C14H14N4O3. The van der Waals surface area contributed by atoms with Crippen LogP contribution in [0.2, 0.25) is 0 Å². The molecule has 0 saturated heterocycles. The molecule has 0 spiro atoms. The third-order valence-electron chi connectivity index (χ3n) is 2.48. The van der Waals surface area contributed by atoms with Crippen molar-refractivity contribution in [1.82, 2.24) is 15.6 Å². The molecule has 108 valence electrons. The second-order valence-corrected chi connectivity index (χ2v) is 4.27. The molecule has 1 amide bonds. The van der Waals surface area contributed by atoms with Gasteiger partial charge in [-0.25, -0.2) is 5.43 Å². The van der Waals surface area contributed by atoms with E-state index in [0.717, 1.165) is 5.69 Å². The molecule has 0 atom stereocenters. The van der Waals surface area contributed by atoms with Crippen LogP contribution in [0.5, 0.6) is 5.75 Å². The molecule has 0 unspecified atom stereocenters. The fourth-order valence-corrected chi connectivity index (χ4v) is 1.59. The number of benzene rings is 1.